The molecule has 0 saturated carbocycles. The minimum absolute atomic E-state index is 0.0106. The van der Waals surface area contributed by atoms with Gasteiger partial charge in [-0.15, -0.1) is 11.3 Å². The van der Waals surface area contributed by atoms with Gasteiger partial charge in [-0.3, -0.25) is 28.7 Å². The summed E-state index contributed by atoms with van der Waals surface area (Å²) in [5.74, 6) is -4.22. The summed E-state index contributed by atoms with van der Waals surface area (Å²) in [6, 6.07) is 11.5. The number of hydrogen-bond donors (Lipinski definition) is 3. The van der Waals surface area contributed by atoms with Gasteiger partial charge in [0.15, 0.2) is 5.82 Å². The third-order valence-electron chi connectivity index (χ3n) is 11.0. The van der Waals surface area contributed by atoms with E-state index in [4.69, 9.17) is 9.26 Å². The molecule has 0 radical (unpaired) electrons. The number of anilines is 1. The van der Waals surface area contributed by atoms with Crippen LogP contribution in [0.1, 0.15) is 85.0 Å². The van der Waals surface area contributed by atoms with E-state index < -0.39 is 49.3 Å². The number of fused-ring (bicyclic) bond motifs is 2. The van der Waals surface area contributed by atoms with E-state index in [0.29, 0.717) is 77.8 Å². The number of thiophene rings is 1. The fraction of sp³-hybridized carbons (Fsp3) is 0.439. The number of carbonyl (C=O) groups excluding carboxylic acids is 4. The zero-order valence-corrected chi connectivity index (χ0v) is 34.2. The molecule has 0 bridgehead atoms. The van der Waals surface area contributed by atoms with Crippen LogP contribution in [0, 0.1) is 5.82 Å². The van der Waals surface area contributed by atoms with Crippen molar-refractivity contribution in [3.8, 4) is 5.75 Å². The topological polar surface area (TPSA) is 159 Å². The first-order valence-electron chi connectivity index (χ1n) is 19.6. The maximum atomic E-state index is 16.5. The van der Waals surface area contributed by atoms with Crippen molar-refractivity contribution >= 4 is 58.3 Å². The number of ether oxygens (including phenoxy) is 1. The molecule has 3 aliphatic heterocycles. The second-order valence-electron chi connectivity index (χ2n) is 15.0. The lowest BCUT2D eigenvalue weighted by Gasteiger charge is -2.43. The zero-order valence-electron chi connectivity index (χ0n) is 32.5. The molecule has 3 saturated heterocycles. The maximum absolute atomic E-state index is 16.5. The Morgan fingerprint density at radius 1 is 1.05 bits per heavy atom. The van der Waals surface area contributed by atoms with Crippen LogP contribution in [0.2, 0.25) is 0 Å². The Kier molecular flexibility index (Phi) is 12.5. The van der Waals surface area contributed by atoms with Crippen LogP contribution in [0.3, 0.4) is 0 Å². The summed E-state index contributed by atoms with van der Waals surface area (Å²) in [6.45, 7) is 4.19. The number of alkyl halides is 1. The molecule has 7 rings (SSSR count). The molecule has 6 atom stereocenters. The molecule has 0 spiro atoms. The molecule has 3 fully saturated rings. The molecule has 3 amide bonds. The summed E-state index contributed by atoms with van der Waals surface area (Å²) in [7, 11) is -2.81. The standard InChI is InChI=1S/C41H47F2N6O7PS/c1-4-17-55-41(53)24(2)47-57(54,56-29-10-6-5-7-11-29)37(43)25-13-16-34-26(18-25)19-35(58-34)38(50)46-32-12-8-9-28-14-15-33(49(28)39(32)51)40(52)48-22-27(23-48)30-20-45-21-31(42)36(30)44-3/h5-7,10-11,13,16,18-21,24,27-28,32-33,37H,4,8-9,12,14-15,17,22-23H2,1-3H3,(H,44,45)(H,46,50)(H,47,54)/t24-,28-,32-,33-,37+,57?/m0/s1. The summed E-state index contributed by atoms with van der Waals surface area (Å²) in [4.78, 5) is 61.8. The highest BCUT2D eigenvalue weighted by Gasteiger charge is 2.48. The summed E-state index contributed by atoms with van der Waals surface area (Å²) < 4.78 is 56.6. The number of pyridine rings is 1. The molecule has 308 valence electrons. The van der Waals surface area contributed by atoms with E-state index in [2.05, 4.69) is 20.7 Å². The van der Waals surface area contributed by atoms with Gasteiger partial charge in [-0.05, 0) is 86.7 Å². The Morgan fingerprint density at radius 2 is 1.83 bits per heavy atom. The second-order valence-corrected chi connectivity index (χ2v) is 18.2. The molecule has 5 heterocycles. The van der Waals surface area contributed by atoms with Crippen LogP contribution in [-0.4, -0.2) is 89.4 Å². The van der Waals surface area contributed by atoms with Gasteiger partial charge in [-0.25, -0.2) is 13.9 Å². The Morgan fingerprint density at radius 3 is 2.57 bits per heavy atom. The van der Waals surface area contributed by atoms with Crippen LogP contribution >= 0.6 is 18.9 Å². The fourth-order valence-electron chi connectivity index (χ4n) is 8.00. The maximum Gasteiger partial charge on any atom is 0.355 e. The lowest BCUT2D eigenvalue weighted by Crippen LogP contribution is -2.58. The Balaban J connectivity index is 1.03. The van der Waals surface area contributed by atoms with Crippen molar-refractivity contribution in [3.05, 3.63) is 88.8 Å². The van der Waals surface area contributed by atoms with E-state index in [1.54, 1.807) is 53.4 Å². The third-order valence-corrected chi connectivity index (χ3v) is 14.2. The van der Waals surface area contributed by atoms with Gasteiger partial charge in [0, 0.05) is 48.6 Å². The van der Waals surface area contributed by atoms with Crippen molar-refractivity contribution in [1.29, 1.82) is 0 Å². The number of amides is 3. The lowest BCUT2D eigenvalue weighted by molar-refractivity contribution is -0.148. The van der Waals surface area contributed by atoms with E-state index in [0.717, 1.165) is 17.5 Å². The number of benzene rings is 2. The van der Waals surface area contributed by atoms with Gasteiger partial charge >= 0.3 is 13.5 Å². The van der Waals surface area contributed by atoms with Crippen molar-refractivity contribution in [3.63, 3.8) is 0 Å². The van der Waals surface area contributed by atoms with Crippen LogP contribution in [0.4, 0.5) is 14.5 Å². The minimum Gasteiger partial charge on any atom is -0.465 e. The first-order valence-corrected chi connectivity index (χ1v) is 22.1. The van der Waals surface area contributed by atoms with Crippen molar-refractivity contribution in [2.45, 2.75) is 88.4 Å². The van der Waals surface area contributed by atoms with Crippen molar-refractivity contribution in [2.75, 3.05) is 32.1 Å². The Hall–Kier alpha value is -4.92. The number of esters is 1. The number of halogens is 2. The number of hydrogen-bond acceptors (Lipinski definition) is 10. The van der Waals surface area contributed by atoms with Gasteiger partial charge in [-0.2, -0.15) is 0 Å². The third kappa shape index (κ3) is 8.46. The number of nitrogens with zero attached hydrogens (tertiary/aromatic N) is 3. The van der Waals surface area contributed by atoms with E-state index in [1.165, 1.54) is 31.2 Å². The fourth-order valence-corrected chi connectivity index (χ4v) is 10.9. The summed E-state index contributed by atoms with van der Waals surface area (Å²) in [5, 5.41) is 8.88. The van der Waals surface area contributed by atoms with Crippen molar-refractivity contribution in [1.82, 2.24) is 25.2 Å². The van der Waals surface area contributed by atoms with E-state index >= 15 is 4.39 Å². The molecule has 58 heavy (non-hydrogen) atoms. The van der Waals surface area contributed by atoms with E-state index in [9.17, 15) is 28.1 Å². The van der Waals surface area contributed by atoms with Crippen LogP contribution in [0.25, 0.3) is 10.1 Å². The Bertz CT molecular complexity index is 2220. The molecule has 2 aromatic heterocycles. The highest BCUT2D eigenvalue weighted by molar-refractivity contribution is 7.57. The average molecular weight is 837 g/mol. The number of likely N-dealkylation sites (tertiary alicyclic amines) is 1. The summed E-state index contributed by atoms with van der Waals surface area (Å²) in [5.41, 5.74) is 1.08. The number of nitrogens with one attached hydrogen (secondary N) is 3. The molecule has 1 unspecified atom stereocenters. The van der Waals surface area contributed by atoms with Gasteiger partial charge in [0.2, 0.25) is 17.7 Å². The van der Waals surface area contributed by atoms with Gasteiger partial charge in [0.1, 0.15) is 23.9 Å². The summed E-state index contributed by atoms with van der Waals surface area (Å²) >= 11 is 1.16. The highest BCUT2D eigenvalue weighted by atomic mass is 32.1. The number of carbonyl (C=O) groups is 4. The number of rotatable bonds is 14. The summed E-state index contributed by atoms with van der Waals surface area (Å²) in [6.07, 6.45) is 6.37. The molecule has 3 aliphatic rings. The molecular weight excluding hydrogens is 790 g/mol. The van der Waals surface area contributed by atoms with Gasteiger partial charge in [0.05, 0.1) is 23.4 Å². The highest BCUT2D eigenvalue weighted by Crippen LogP contribution is 2.58. The van der Waals surface area contributed by atoms with Gasteiger partial charge in [-0.1, -0.05) is 31.2 Å². The average Bonchev–Trinajstić information content (AvgIpc) is 3.79. The largest absolute Gasteiger partial charge is 0.465 e. The molecule has 0 aliphatic carbocycles. The van der Waals surface area contributed by atoms with Gasteiger partial charge in [0.25, 0.3) is 5.91 Å². The number of para-hydroxylation sites is 1. The monoisotopic (exact) mass is 836 g/mol. The lowest BCUT2D eigenvalue weighted by atomic mass is 9.90. The predicted octanol–water partition coefficient (Wildman–Crippen LogP) is 6.92. The smallest absolute Gasteiger partial charge is 0.355 e. The van der Waals surface area contributed by atoms with E-state index in [1.807, 2.05) is 6.92 Å². The first kappa shape index (κ1) is 41.2. The second kappa shape index (κ2) is 17.5. The molecule has 3 N–H and O–H groups in total. The first-order chi connectivity index (χ1) is 27.9. The Labute approximate surface area is 339 Å². The molecule has 4 aromatic rings. The zero-order chi connectivity index (χ0) is 41.1. The van der Waals surface area contributed by atoms with Crippen molar-refractivity contribution in [2.24, 2.45) is 0 Å². The normalized spacial score (nSPS) is 21.6. The van der Waals surface area contributed by atoms with E-state index in [-0.39, 0.29) is 41.7 Å². The molecule has 13 nitrogen and oxygen atoms in total. The van der Waals surface area contributed by atoms with Crippen molar-refractivity contribution < 1.29 is 41.8 Å². The minimum atomic E-state index is -4.45. The molecule has 2 aromatic carbocycles. The van der Waals surface area contributed by atoms with Gasteiger partial charge < -0.3 is 29.7 Å². The number of aromatic nitrogens is 1. The van der Waals surface area contributed by atoms with Crippen LogP contribution in [0.15, 0.2) is 67.0 Å². The van der Waals surface area contributed by atoms with Crippen LogP contribution in [-0.2, 0) is 23.7 Å². The molecular formula is C41H47F2N6O7PS. The quantitative estimate of drug-likeness (QED) is 0.0900. The molecule has 17 heteroatoms. The predicted molar refractivity (Wildman–Crippen MR) is 216 cm³/mol. The van der Waals surface area contributed by atoms with Crippen LogP contribution < -0.4 is 20.2 Å². The van der Waals surface area contributed by atoms with Crippen LogP contribution in [0.5, 0.6) is 5.75 Å². The SMILES string of the molecule is CCCOC(=O)[C@H](C)NP(=O)(Oc1ccccc1)[C@@H](F)c1ccc2sc(C(=O)N[C@H]3CCC[C@H]4CC[C@@H](C(=O)N5CC(c6cncc(F)c6NC)C5)N4C3=O)cc2c1.